The number of methoxy groups -OCH3 is 2. The predicted octanol–water partition coefficient (Wildman–Crippen LogP) is 2.94. The van der Waals surface area contributed by atoms with Crippen molar-refractivity contribution in [1.82, 2.24) is 20.1 Å². The van der Waals surface area contributed by atoms with E-state index >= 15 is 0 Å². The van der Waals surface area contributed by atoms with Crippen LogP contribution >= 0.6 is 0 Å². The van der Waals surface area contributed by atoms with E-state index in [4.69, 9.17) is 19.3 Å². The maximum absolute atomic E-state index is 5.50. The fourth-order valence-corrected chi connectivity index (χ4v) is 3.20. The Balaban J connectivity index is 1.65. The summed E-state index contributed by atoms with van der Waals surface area (Å²) in [5.74, 6) is 2.86. The minimum atomic E-state index is -0.628. The number of aromatic nitrogens is 3. The highest BCUT2D eigenvalue weighted by molar-refractivity contribution is 6.03. The van der Waals surface area contributed by atoms with Gasteiger partial charge in [-0.15, -0.1) is 0 Å². The molecular formula is C20H24N6O3. The fourth-order valence-electron chi connectivity index (χ4n) is 3.20. The lowest BCUT2D eigenvalue weighted by atomic mass is 10.1. The maximum atomic E-state index is 5.50. The molecule has 29 heavy (non-hydrogen) atoms. The number of rotatable bonds is 6. The first-order valence-corrected chi connectivity index (χ1v) is 9.27. The molecule has 0 saturated heterocycles. The highest BCUT2D eigenvalue weighted by Crippen LogP contribution is 2.31. The Labute approximate surface area is 168 Å². The second-order valence-electron chi connectivity index (χ2n) is 7.22. The number of hydrogen-bond acceptors (Lipinski definition) is 8. The average Bonchev–Trinajstić information content (AvgIpc) is 3.29. The zero-order chi connectivity index (χ0) is 20.6. The molecule has 0 radical (unpaired) electrons. The summed E-state index contributed by atoms with van der Waals surface area (Å²) >= 11 is 0. The fraction of sp³-hybridized carbons (Fsp3) is 0.350. The number of aliphatic imine (C=N–C) groups is 1. The van der Waals surface area contributed by atoms with Crippen LogP contribution in [-0.4, -0.2) is 40.4 Å². The number of hydrogen-bond donors (Lipinski definition) is 2. The molecular weight excluding hydrogens is 372 g/mol. The van der Waals surface area contributed by atoms with Crippen LogP contribution in [0.1, 0.15) is 37.9 Å². The predicted molar refractivity (Wildman–Crippen MR) is 109 cm³/mol. The summed E-state index contributed by atoms with van der Waals surface area (Å²) in [6.07, 6.45) is 3.57. The lowest BCUT2D eigenvalue weighted by Gasteiger charge is -2.18. The Hall–Kier alpha value is -3.33. The molecule has 1 unspecified atom stereocenters. The van der Waals surface area contributed by atoms with Gasteiger partial charge in [0, 0.05) is 11.8 Å². The number of nitrogens with one attached hydrogen (secondary N) is 2. The van der Waals surface area contributed by atoms with Crippen molar-refractivity contribution in [2.24, 2.45) is 4.99 Å². The van der Waals surface area contributed by atoms with E-state index in [1.54, 1.807) is 24.9 Å². The molecule has 0 aliphatic carbocycles. The topological polar surface area (TPSA) is 94.3 Å². The summed E-state index contributed by atoms with van der Waals surface area (Å²) in [6.45, 7) is 5.80. The average molecular weight is 396 g/mol. The van der Waals surface area contributed by atoms with E-state index in [1.165, 1.54) is 0 Å². The van der Waals surface area contributed by atoms with Crippen molar-refractivity contribution >= 4 is 17.3 Å². The van der Waals surface area contributed by atoms with Gasteiger partial charge in [-0.1, -0.05) is 0 Å². The Kier molecular flexibility index (Phi) is 4.75. The van der Waals surface area contributed by atoms with Crippen LogP contribution in [0.25, 0.3) is 5.65 Å². The third kappa shape index (κ3) is 3.68. The number of nitrogens with zero attached hydrogens (tertiary/aromatic N) is 4. The van der Waals surface area contributed by atoms with E-state index < -0.39 is 5.72 Å². The molecule has 1 aliphatic heterocycles. The molecule has 1 aliphatic rings. The van der Waals surface area contributed by atoms with E-state index in [0.717, 1.165) is 22.6 Å². The molecule has 2 aromatic heterocycles. The molecule has 1 aromatic carbocycles. The first kappa shape index (κ1) is 19.0. The molecule has 4 rings (SSSR count). The third-order valence-electron chi connectivity index (χ3n) is 4.67. The largest absolute Gasteiger partial charge is 0.497 e. The van der Waals surface area contributed by atoms with Gasteiger partial charge in [0.15, 0.2) is 17.2 Å². The molecule has 0 bridgehead atoms. The summed E-state index contributed by atoms with van der Waals surface area (Å²) in [5.41, 5.74) is 4.65. The maximum Gasteiger partial charge on any atom is 0.182 e. The molecule has 152 valence electrons. The Morgan fingerprint density at radius 2 is 2.03 bits per heavy atom. The Morgan fingerprint density at radius 3 is 2.72 bits per heavy atom. The summed E-state index contributed by atoms with van der Waals surface area (Å²) in [7, 11) is 3.30. The van der Waals surface area contributed by atoms with Crippen molar-refractivity contribution in [2.45, 2.75) is 32.5 Å². The summed E-state index contributed by atoms with van der Waals surface area (Å²) in [4.78, 5) is 14.7. The molecule has 0 spiro atoms. The van der Waals surface area contributed by atoms with Gasteiger partial charge in [-0.3, -0.25) is 0 Å². The molecule has 9 nitrogen and oxygen atoms in total. The van der Waals surface area contributed by atoms with Crippen molar-refractivity contribution in [3.8, 4) is 11.5 Å². The van der Waals surface area contributed by atoms with Crippen LogP contribution in [0.15, 0.2) is 41.7 Å². The van der Waals surface area contributed by atoms with Crippen LogP contribution in [0.3, 0.4) is 0 Å². The van der Waals surface area contributed by atoms with Crippen molar-refractivity contribution < 1.29 is 14.3 Å². The molecule has 2 N–H and O–H groups in total. The molecule has 3 heterocycles. The van der Waals surface area contributed by atoms with E-state index in [1.807, 2.05) is 51.2 Å². The van der Waals surface area contributed by atoms with Crippen LogP contribution in [0.5, 0.6) is 11.5 Å². The van der Waals surface area contributed by atoms with Gasteiger partial charge in [0.05, 0.1) is 32.0 Å². The van der Waals surface area contributed by atoms with Gasteiger partial charge in [-0.2, -0.15) is 5.10 Å². The van der Waals surface area contributed by atoms with Crippen LogP contribution in [-0.2, 0) is 4.84 Å². The standard InChI is InChI=1S/C20H24N6O3/c1-12(14-10-13(27-4)6-7-16(14)28-5)22-17-8-9-26-19(23-17)15(11-21-26)18-24-20(2,3)29-25-18/h6-12H,1-5H3,(H,22,23)(H,24,25). The number of amidine groups is 1. The second kappa shape index (κ2) is 7.25. The second-order valence-corrected chi connectivity index (χ2v) is 7.22. The van der Waals surface area contributed by atoms with E-state index in [9.17, 15) is 0 Å². The van der Waals surface area contributed by atoms with Gasteiger partial charge in [-0.05, 0) is 45.0 Å². The van der Waals surface area contributed by atoms with Crippen molar-refractivity contribution in [1.29, 1.82) is 0 Å². The van der Waals surface area contributed by atoms with Crippen molar-refractivity contribution in [3.63, 3.8) is 0 Å². The molecule has 0 saturated carbocycles. The number of fused-ring (bicyclic) bond motifs is 1. The quantitative estimate of drug-likeness (QED) is 0.661. The minimum absolute atomic E-state index is 0.0643. The number of anilines is 1. The van der Waals surface area contributed by atoms with Crippen LogP contribution < -0.4 is 20.3 Å². The van der Waals surface area contributed by atoms with Gasteiger partial charge in [0.2, 0.25) is 0 Å². The first-order valence-electron chi connectivity index (χ1n) is 9.27. The summed E-state index contributed by atoms with van der Waals surface area (Å²) in [6, 6.07) is 7.53. The molecule has 0 fully saturated rings. The van der Waals surface area contributed by atoms with Gasteiger partial charge < -0.3 is 14.8 Å². The number of ether oxygens (including phenoxy) is 2. The summed E-state index contributed by atoms with van der Waals surface area (Å²) < 4.78 is 12.5. The number of benzene rings is 1. The molecule has 9 heteroatoms. The molecule has 0 amide bonds. The van der Waals surface area contributed by atoms with Gasteiger partial charge in [0.1, 0.15) is 17.3 Å². The molecule has 1 atom stereocenters. The van der Waals surface area contributed by atoms with E-state index in [0.29, 0.717) is 17.3 Å². The Morgan fingerprint density at radius 1 is 1.21 bits per heavy atom. The lowest BCUT2D eigenvalue weighted by molar-refractivity contribution is -0.0269. The van der Waals surface area contributed by atoms with Gasteiger partial charge >= 0.3 is 0 Å². The highest BCUT2D eigenvalue weighted by Gasteiger charge is 2.28. The van der Waals surface area contributed by atoms with Crippen molar-refractivity contribution in [2.75, 3.05) is 19.5 Å². The minimum Gasteiger partial charge on any atom is -0.497 e. The lowest BCUT2D eigenvalue weighted by Crippen LogP contribution is -2.23. The SMILES string of the molecule is COc1ccc(OC)c(C(C)Nc2ccn3ncc(C4=NC(C)(C)ON4)c3n2)c1. The third-order valence-corrected chi connectivity index (χ3v) is 4.67. The van der Waals surface area contributed by atoms with Crippen LogP contribution in [0.2, 0.25) is 0 Å². The van der Waals surface area contributed by atoms with Gasteiger partial charge in [-0.25, -0.2) is 24.8 Å². The zero-order valence-electron chi connectivity index (χ0n) is 17.1. The van der Waals surface area contributed by atoms with Crippen molar-refractivity contribution in [3.05, 3.63) is 47.8 Å². The Bertz CT molecular complexity index is 1080. The van der Waals surface area contributed by atoms with E-state index in [-0.39, 0.29) is 6.04 Å². The first-order chi connectivity index (χ1) is 13.9. The van der Waals surface area contributed by atoms with Crippen LogP contribution in [0, 0.1) is 0 Å². The van der Waals surface area contributed by atoms with Crippen LogP contribution in [0.4, 0.5) is 5.82 Å². The van der Waals surface area contributed by atoms with Gasteiger partial charge in [0.25, 0.3) is 0 Å². The zero-order valence-corrected chi connectivity index (χ0v) is 17.1. The normalized spacial score (nSPS) is 16.2. The molecule has 3 aromatic rings. The monoisotopic (exact) mass is 396 g/mol. The highest BCUT2D eigenvalue weighted by atomic mass is 16.7. The van der Waals surface area contributed by atoms with E-state index in [2.05, 4.69) is 20.9 Å². The number of hydroxylamine groups is 1. The summed E-state index contributed by atoms with van der Waals surface area (Å²) in [5, 5.41) is 7.77. The smallest absolute Gasteiger partial charge is 0.182 e.